The zero-order chi connectivity index (χ0) is 20.8. The molecule has 0 unspecified atom stereocenters. The van der Waals surface area contributed by atoms with Gasteiger partial charge in [-0.2, -0.15) is 5.10 Å². The molecule has 0 spiro atoms. The molecule has 2 aromatic heterocycles. The van der Waals surface area contributed by atoms with Crippen LogP contribution in [0.4, 0.5) is 8.78 Å². The molecule has 0 N–H and O–H groups in total. The molecule has 4 rings (SSSR count). The molecule has 11 heteroatoms. The van der Waals surface area contributed by atoms with Gasteiger partial charge >= 0.3 is 0 Å². The maximum atomic E-state index is 14.1. The van der Waals surface area contributed by atoms with Crippen LogP contribution in [0.15, 0.2) is 12.4 Å². The van der Waals surface area contributed by atoms with Crippen LogP contribution in [0.2, 0.25) is 0 Å². The maximum absolute atomic E-state index is 14.1. The van der Waals surface area contributed by atoms with Crippen molar-refractivity contribution in [2.24, 2.45) is 7.05 Å². The molecule has 1 atom stereocenters. The van der Waals surface area contributed by atoms with E-state index >= 15 is 0 Å². The summed E-state index contributed by atoms with van der Waals surface area (Å²) < 4.78 is 31.1. The van der Waals surface area contributed by atoms with Gasteiger partial charge in [-0.25, -0.2) is 13.5 Å². The smallest absolute Gasteiger partial charge is 0.276 e. The molecule has 2 fully saturated rings. The largest absolute Gasteiger partial charge is 0.337 e. The molecule has 2 saturated heterocycles. The minimum Gasteiger partial charge on any atom is -0.337 e. The summed E-state index contributed by atoms with van der Waals surface area (Å²) in [6, 6.07) is -0.756. The van der Waals surface area contributed by atoms with Crippen LogP contribution in [0.5, 0.6) is 0 Å². The third-order valence-electron chi connectivity index (χ3n) is 5.43. The third-order valence-corrected chi connectivity index (χ3v) is 5.43. The summed E-state index contributed by atoms with van der Waals surface area (Å²) in [6.45, 7) is 2.44. The van der Waals surface area contributed by atoms with Gasteiger partial charge in [0.05, 0.1) is 36.6 Å². The van der Waals surface area contributed by atoms with E-state index in [0.717, 1.165) is 12.8 Å². The van der Waals surface area contributed by atoms with Crippen molar-refractivity contribution in [2.75, 3.05) is 19.6 Å². The van der Waals surface area contributed by atoms with E-state index in [1.54, 1.807) is 18.9 Å². The van der Waals surface area contributed by atoms with E-state index in [4.69, 9.17) is 0 Å². The number of aryl methyl sites for hydroxylation is 2. The Morgan fingerprint density at radius 3 is 2.59 bits per heavy atom. The van der Waals surface area contributed by atoms with Crippen molar-refractivity contribution in [2.45, 2.75) is 44.7 Å². The van der Waals surface area contributed by atoms with E-state index in [-0.39, 0.29) is 18.1 Å². The fraction of sp³-hybridized carbons (Fsp3) is 0.611. The molecular weight excluding hydrogens is 384 g/mol. The van der Waals surface area contributed by atoms with Crippen LogP contribution in [0, 0.1) is 6.92 Å². The van der Waals surface area contributed by atoms with Gasteiger partial charge in [-0.3, -0.25) is 14.3 Å². The fourth-order valence-electron chi connectivity index (χ4n) is 4.05. The van der Waals surface area contributed by atoms with E-state index in [1.807, 2.05) is 0 Å². The van der Waals surface area contributed by atoms with Gasteiger partial charge in [0.15, 0.2) is 5.69 Å². The second kappa shape index (κ2) is 7.20. The first-order valence-electron chi connectivity index (χ1n) is 9.62. The Labute approximate surface area is 166 Å². The summed E-state index contributed by atoms with van der Waals surface area (Å²) in [4.78, 5) is 28.2. The van der Waals surface area contributed by atoms with Crippen LogP contribution < -0.4 is 0 Å². The second-order valence-corrected chi connectivity index (χ2v) is 7.77. The van der Waals surface area contributed by atoms with Gasteiger partial charge in [-0.05, 0) is 19.8 Å². The first-order valence-corrected chi connectivity index (χ1v) is 9.62. The summed E-state index contributed by atoms with van der Waals surface area (Å²) in [6.07, 6.45) is 4.46. The summed E-state index contributed by atoms with van der Waals surface area (Å²) in [7, 11) is 1.67. The first-order chi connectivity index (χ1) is 13.7. The Kier molecular flexibility index (Phi) is 4.83. The van der Waals surface area contributed by atoms with Crippen molar-refractivity contribution in [1.29, 1.82) is 0 Å². The van der Waals surface area contributed by atoms with E-state index < -0.39 is 30.8 Å². The number of carbonyl (C=O) groups excluding carboxylic acids is 2. The van der Waals surface area contributed by atoms with Crippen molar-refractivity contribution >= 4 is 11.8 Å². The van der Waals surface area contributed by atoms with Crippen molar-refractivity contribution in [3.63, 3.8) is 0 Å². The summed E-state index contributed by atoms with van der Waals surface area (Å²) in [5.41, 5.74) is 0.988. The molecule has 4 heterocycles. The summed E-state index contributed by atoms with van der Waals surface area (Å²) >= 11 is 0. The van der Waals surface area contributed by atoms with Crippen LogP contribution in [0.25, 0.3) is 0 Å². The van der Waals surface area contributed by atoms with Gasteiger partial charge in [0, 0.05) is 32.8 Å². The van der Waals surface area contributed by atoms with Crippen molar-refractivity contribution < 1.29 is 18.4 Å². The topological polar surface area (TPSA) is 89.2 Å². The standard InChI is InChI=1S/C18H23F2N7O2/c1-12-14(9-24(2)22-12)16(28)27-11-18(19,20)7-13(27)8-26-10-15(21-23-26)17(29)25-5-3-4-6-25/h9-10,13H,3-8,11H2,1-2H3/t13-/m0/s1. The zero-order valence-electron chi connectivity index (χ0n) is 16.4. The monoisotopic (exact) mass is 407 g/mol. The molecule has 0 aliphatic carbocycles. The highest BCUT2D eigenvalue weighted by Crippen LogP contribution is 2.34. The highest BCUT2D eigenvalue weighted by Gasteiger charge is 2.47. The number of hydrogen-bond acceptors (Lipinski definition) is 5. The van der Waals surface area contributed by atoms with Crippen LogP contribution in [0.1, 0.15) is 45.8 Å². The lowest BCUT2D eigenvalue weighted by Gasteiger charge is -2.23. The number of amides is 2. The van der Waals surface area contributed by atoms with Crippen LogP contribution in [-0.2, 0) is 13.6 Å². The summed E-state index contributed by atoms with van der Waals surface area (Å²) in [5, 5.41) is 12.0. The lowest BCUT2D eigenvalue weighted by molar-refractivity contribution is 0.0117. The molecule has 2 aliphatic rings. The van der Waals surface area contributed by atoms with Crippen LogP contribution in [0.3, 0.4) is 0 Å². The Morgan fingerprint density at radius 2 is 1.93 bits per heavy atom. The average molecular weight is 407 g/mol. The molecule has 0 aromatic carbocycles. The third kappa shape index (κ3) is 3.85. The van der Waals surface area contributed by atoms with Crippen LogP contribution in [-0.4, -0.2) is 78.0 Å². The van der Waals surface area contributed by atoms with Crippen molar-refractivity contribution in [1.82, 2.24) is 34.6 Å². The van der Waals surface area contributed by atoms with E-state index in [9.17, 15) is 18.4 Å². The van der Waals surface area contributed by atoms with Gasteiger partial charge in [0.2, 0.25) is 0 Å². The number of likely N-dealkylation sites (tertiary alicyclic amines) is 2. The second-order valence-electron chi connectivity index (χ2n) is 7.77. The quantitative estimate of drug-likeness (QED) is 0.758. The fourth-order valence-corrected chi connectivity index (χ4v) is 4.05. The van der Waals surface area contributed by atoms with Crippen molar-refractivity contribution in [3.8, 4) is 0 Å². The molecule has 9 nitrogen and oxygen atoms in total. The van der Waals surface area contributed by atoms with E-state index in [2.05, 4.69) is 15.4 Å². The molecular formula is C18H23F2N7O2. The lowest BCUT2D eigenvalue weighted by atomic mass is 10.1. The highest BCUT2D eigenvalue weighted by atomic mass is 19.3. The Hall–Kier alpha value is -2.85. The van der Waals surface area contributed by atoms with Gasteiger partial charge < -0.3 is 9.80 Å². The predicted molar refractivity (Wildman–Crippen MR) is 97.5 cm³/mol. The molecule has 0 radical (unpaired) electrons. The minimum atomic E-state index is -2.98. The summed E-state index contributed by atoms with van der Waals surface area (Å²) in [5.74, 6) is -3.67. The molecule has 156 valence electrons. The van der Waals surface area contributed by atoms with Gasteiger partial charge in [-0.15, -0.1) is 5.10 Å². The first kappa shape index (κ1) is 19.5. The normalized spacial score (nSPS) is 21.2. The number of aromatic nitrogens is 5. The molecule has 29 heavy (non-hydrogen) atoms. The Balaban J connectivity index is 1.51. The molecule has 2 amide bonds. The van der Waals surface area contributed by atoms with Gasteiger partial charge in [0.1, 0.15) is 0 Å². The average Bonchev–Trinajstić information content (AvgIpc) is 3.42. The number of halogens is 2. The Bertz CT molecular complexity index is 933. The van der Waals surface area contributed by atoms with Gasteiger partial charge in [-0.1, -0.05) is 5.21 Å². The zero-order valence-corrected chi connectivity index (χ0v) is 16.4. The molecule has 2 aliphatic heterocycles. The molecule has 0 bridgehead atoms. The number of rotatable bonds is 4. The number of alkyl halides is 2. The maximum Gasteiger partial charge on any atom is 0.276 e. The van der Waals surface area contributed by atoms with Crippen molar-refractivity contribution in [3.05, 3.63) is 29.3 Å². The highest BCUT2D eigenvalue weighted by molar-refractivity contribution is 5.95. The van der Waals surface area contributed by atoms with Crippen LogP contribution >= 0.6 is 0 Å². The number of nitrogens with zero attached hydrogens (tertiary/aromatic N) is 7. The molecule has 0 saturated carbocycles. The predicted octanol–water partition coefficient (Wildman–Crippen LogP) is 1.11. The minimum absolute atomic E-state index is 0.0426. The molecule has 2 aromatic rings. The number of hydrogen-bond donors (Lipinski definition) is 0. The lowest BCUT2D eigenvalue weighted by Crippen LogP contribution is -2.39. The van der Waals surface area contributed by atoms with Gasteiger partial charge in [0.25, 0.3) is 17.7 Å². The van der Waals surface area contributed by atoms with E-state index in [1.165, 1.54) is 26.7 Å². The number of carbonyl (C=O) groups is 2. The SMILES string of the molecule is Cc1nn(C)cc1C(=O)N1CC(F)(F)C[C@H]1Cn1cc(C(=O)N2CCCC2)nn1. The van der Waals surface area contributed by atoms with E-state index in [0.29, 0.717) is 24.3 Å². The Morgan fingerprint density at radius 1 is 1.21 bits per heavy atom.